The third-order valence-corrected chi connectivity index (χ3v) is 2.86. The molecule has 2 heterocycles. The number of nitrogens with one attached hydrogen (secondary N) is 1. The quantitative estimate of drug-likeness (QED) is 0.838. The summed E-state index contributed by atoms with van der Waals surface area (Å²) >= 11 is 0. The van der Waals surface area contributed by atoms with Crippen LogP contribution in [0.25, 0.3) is 0 Å². The molecule has 5 heteroatoms. The molecule has 0 aliphatic carbocycles. The van der Waals surface area contributed by atoms with Gasteiger partial charge in [0.2, 0.25) is 5.88 Å². The summed E-state index contributed by atoms with van der Waals surface area (Å²) in [4.78, 5) is 3.95. The second-order valence-electron chi connectivity index (χ2n) is 3.90. The number of nitrogens with zero attached hydrogens (tertiary/aromatic N) is 1. The lowest BCUT2D eigenvalue weighted by atomic mass is 9.89. The van der Waals surface area contributed by atoms with E-state index >= 15 is 0 Å². The fraction of sp³-hybridized carbons (Fsp3) is 0.545. The monoisotopic (exact) mass is 228 g/mol. The molecular formula is C11H14F2N2O. The number of ether oxygens (including phenoxy) is 1. The van der Waals surface area contributed by atoms with E-state index in [1.54, 1.807) is 12.1 Å². The first-order valence-corrected chi connectivity index (χ1v) is 5.22. The van der Waals surface area contributed by atoms with Gasteiger partial charge in [0.25, 0.3) is 5.92 Å². The van der Waals surface area contributed by atoms with Crippen LogP contribution in [0.1, 0.15) is 17.9 Å². The lowest BCUT2D eigenvalue weighted by Crippen LogP contribution is -2.42. The Kier molecular flexibility index (Phi) is 3.05. The summed E-state index contributed by atoms with van der Waals surface area (Å²) in [5, 5.41) is 2.98. The minimum absolute atomic E-state index is 0.121. The molecule has 0 aromatic carbocycles. The van der Waals surface area contributed by atoms with E-state index < -0.39 is 11.8 Å². The summed E-state index contributed by atoms with van der Waals surface area (Å²) in [6, 6.07) is 3.26. The van der Waals surface area contributed by atoms with Gasteiger partial charge < -0.3 is 10.1 Å². The van der Waals surface area contributed by atoms with Gasteiger partial charge in [-0.3, -0.25) is 0 Å². The van der Waals surface area contributed by atoms with E-state index in [-0.39, 0.29) is 6.42 Å². The molecule has 1 N–H and O–H groups in total. The molecule has 1 unspecified atom stereocenters. The SMILES string of the molecule is COc1ccc(C2CNCCC2(F)F)cn1. The highest BCUT2D eigenvalue weighted by molar-refractivity contribution is 5.24. The number of alkyl halides is 2. The zero-order chi connectivity index (χ0) is 11.6. The average molecular weight is 228 g/mol. The summed E-state index contributed by atoms with van der Waals surface area (Å²) in [6.45, 7) is 0.661. The molecule has 0 bridgehead atoms. The molecule has 0 saturated carbocycles. The first-order chi connectivity index (χ1) is 7.63. The number of aromatic nitrogens is 1. The van der Waals surface area contributed by atoms with Crippen LogP contribution in [0.15, 0.2) is 18.3 Å². The zero-order valence-corrected chi connectivity index (χ0v) is 9.04. The lowest BCUT2D eigenvalue weighted by Gasteiger charge is -2.31. The van der Waals surface area contributed by atoms with E-state index in [0.717, 1.165) is 0 Å². The van der Waals surface area contributed by atoms with Crippen LogP contribution in [-0.4, -0.2) is 31.1 Å². The van der Waals surface area contributed by atoms with Gasteiger partial charge in [0.1, 0.15) is 0 Å². The molecule has 1 saturated heterocycles. The molecule has 2 rings (SSSR count). The molecule has 1 fully saturated rings. The molecule has 16 heavy (non-hydrogen) atoms. The minimum Gasteiger partial charge on any atom is -0.481 e. The van der Waals surface area contributed by atoms with Crippen molar-refractivity contribution in [3.8, 4) is 5.88 Å². The van der Waals surface area contributed by atoms with E-state index in [9.17, 15) is 8.78 Å². The minimum atomic E-state index is -2.65. The summed E-state index contributed by atoms with van der Waals surface area (Å²) in [6.07, 6.45) is 1.34. The lowest BCUT2D eigenvalue weighted by molar-refractivity contribution is -0.0480. The number of hydrogen-bond donors (Lipinski definition) is 1. The maximum atomic E-state index is 13.6. The Morgan fingerprint density at radius 1 is 1.50 bits per heavy atom. The molecule has 0 amide bonds. The fourth-order valence-electron chi connectivity index (χ4n) is 1.91. The van der Waals surface area contributed by atoms with Crippen LogP contribution in [0.5, 0.6) is 5.88 Å². The standard InChI is InChI=1S/C11H14F2N2O/c1-16-10-3-2-8(6-15-10)9-7-14-5-4-11(9,12)13/h2-3,6,9,14H,4-5,7H2,1H3. The number of pyridine rings is 1. The van der Waals surface area contributed by atoms with Crippen LogP contribution in [-0.2, 0) is 0 Å². The zero-order valence-electron chi connectivity index (χ0n) is 9.04. The first-order valence-electron chi connectivity index (χ1n) is 5.22. The molecule has 88 valence electrons. The van der Waals surface area contributed by atoms with Crippen molar-refractivity contribution >= 4 is 0 Å². The number of hydrogen-bond acceptors (Lipinski definition) is 3. The van der Waals surface area contributed by atoms with Crippen LogP contribution in [0.3, 0.4) is 0 Å². The second-order valence-corrected chi connectivity index (χ2v) is 3.90. The highest BCUT2D eigenvalue weighted by Crippen LogP contribution is 2.37. The van der Waals surface area contributed by atoms with E-state index in [4.69, 9.17) is 4.74 Å². The molecule has 1 atom stereocenters. The van der Waals surface area contributed by atoms with Crippen LogP contribution < -0.4 is 10.1 Å². The Bertz CT molecular complexity index is 354. The Hall–Kier alpha value is -1.23. The number of rotatable bonds is 2. The van der Waals surface area contributed by atoms with Gasteiger partial charge in [0.15, 0.2) is 0 Å². The van der Waals surface area contributed by atoms with Crippen molar-refractivity contribution in [1.82, 2.24) is 10.3 Å². The van der Waals surface area contributed by atoms with E-state index in [1.807, 2.05) is 0 Å². The van der Waals surface area contributed by atoms with Crippen molar-refractivity contribution in [2.24, 2.45) is 0 Å². The second kappa shape index (κ2) is 4.33. The predicted octanol–water partition coefficient (Wildman–Crippen LogP) is 1.80. The highest BCUT2D eigenvalue weighted by Gasteiger charge is 2.42. The summed E-state index contributed by atoms with van der Waals surface area (Å²) in [5.41, 5.74) is 0.554. The van der Waals surface area contributed by atoms with Crippen molar-refractivity contribution < 1.29 is 13.5 Å². The predicted molar refractivity (Wildman–Crippen MR) is 56.0 cm³/mol. The fourth-order valence-corrected chi connectivity index (χ4v) is 1.91. The van der Waals surface area contributed by atoms with Gasteiger partial charge in [-0.1, -0.05) is 6.07 Å². The van der Waals surface area contributed by atoms with Crippen LogP contribution in [0.4, 0.5) is 8.78 Å². The van der Waals surface area contributed by atoms with Crippen molar-refractivity contribution in [2.75, 3.05) is 20.2 Å². The molecule has 1 aliphatic heterocycles. The van der Waals surface area contributed by atoms with E-state index in [0.29, 0.717) is 24.5 Å². The molecule has 1 aliphatic rings. The van der Waals surface area contributed by atoms with Gasteiger partial charge in [-0.25, -0.2) is 13.8 Å². The molecule has 1 aromatic heterocycles. The van der Waals surface area contributed by atoms with Crippen LogP contribution in [0.2, 0.25) is 0 Å². The van der Waals surface area contributed by atoms with E-state index in [1.165, 1.54) is 13.3 Å². The Morgan fingerprint density at radius 3 is 2.88 bits per heavy atom. The third-order valence-electron chi connectivity index (χ3n) is 2.86. The number of halogens is 2. The van der Waals surface area contributed by atoms with Gasteiger partial charge in [-0.05, 0) is 5.56 Å². The Morgan fingerprint density at radius 2 is 2.31 bits per heavy atom. The molecule has 0 spiro atoms. The number of piperidine rings is 1. The maximum absolute atomic E-state index is 13.6. The van der Waals surface area contributed by atoms with Gasteiger partial charge in [-0.2, -0.15) is 0 Å². The van der Waals surface area contributed by atoms with Crippen LogP contribution >= 0.6 is 0 Å². The topological polar surface area (TPSA) is 34.1 Å². The maximum Gasteiger partial charge on any atom is 0.257 e. The normalized spacial score (nSPS) is 24.1. The third kappa shape index (κ3) is 2.14. The molecule has 1 aromatic rings. The van der Waals surface area contributed by atoms with E-state index in [2.05, 4.69) is 10.3 Å². The van der Waals surface area contributed by atoms with Gasteiger partial charge >= 0.3 is 0 Å². The van der Waals surface area contributed by atoms with Crippen molar-refractivity contribution in [1.29, 1.82) is 0 Å². The average Bonchev–Trinajstić information content (AvgIpc) is 2.29. The van der Waals surface area contributed by atoms with Crippen molar-refractivity contribution in [2.45, 2.75) is 18.3 Å². The van der Waals surface area contributed by atoms with Gasteiger partial charge in [-0.15, -0.1) is 0 Å². The van der Waals surface area contributed by atoms with Crippen molar-refractivity contribution in [3.05, 3.63) is 23.9 Å². The van der Waals surface area contributed by atoms with Crippen LogP contribution in [0, 0.1) is 0 Å². The number of methoxy groups -OCH3 is 1. The summed E-state index contributed by atoms with van der Waals surface area (Å²) in [7, 11) is 1.50. The molecule has 3 nitrogen and oxygen atoms in total. The summed E-state index contributed by atoms with van der Waals surface area (Å²) < 4.78 is 32.2. The summed E-state index contributed by atoms with van der Waals surface area (Å²) in [5.74, 6) is -3.00. The molecule has 0 radical (unpaired) electrons. The Labute approximate surface area is 92.8 Å². The first kappa shape index (κ1) is 11.3. The smallest absolute Gasteiger partial charge is 0.257 e. The van der Waals surface area contributed by atoms with Gasteiger partial charge in [0.05, 0.1) is 13.0 Å². The largest absolute Gasteiger partial charge is 0.481 e. The van der Waals surface area contributed by atoms with Crippen molar-refractivity contribution in [3.63, 3.8) is 0 Å². The highest BCUT2D eigenvalue weighted by atomic mass is 19.3. The van der Waals surface area contributed by atoms with Gasteiger partial charge in [0, 0.05) is 31.8 Å². The molecular weight excluding hydrogens is 214 g/mol. The Balaban J connectivity index is 2.21.